The molecule has 0 saturated heterocycles. The summed E-state index contributed by atoms with van der Waals surface area (Å²) < 4.78 is 2.42. The zero-order chi connectivity index (χ0) is 17.7. The molecule has 26 heavy (non-hydrogen) atoms. The van der Waals surface area contributed by atoms with Crippen molar-refractivity contribution in [1.29, 1.82) is 5.26 Å². The molecular weight excluding hydrogens is 342 g/mol. The van der Waals surface area contributed by atoms with E-state index in [9.17, 15) is 5.26 Å². The lowest BCUT2D eigenvalue weighted by Crippen LogP contribution is -2.18. The van der Waals surface area contributed by atoms with Gasteiger partial charge in [-0.05, 0) is 50.8 Å². The highest BCUT2D eigenvalue weighted by atomic mass is 32.1. The van der Waals surface area contributed by atoms with Crippen LogP contribution >= 0.6 is 11.3 Å². The maximum absolute atomic E-state index is 9.25. The molecule has 0 spiro atoms. The summed E-state index contributed by atoms with van der Waals surface area (Å²) in [6.45, 7) is 2.13. The number of aromatic nitrogens is 4. The van der Waals surface area contributed by atoms with Gasteiger partial charge in [-0.2, -0.15) is 5.26 Å². The zero-order valence-electron chi connectivity index (χ0n) is 14.6. The van der Waals surface area contributed by atoms with Gasteiger partial charge in [0.2, 0.25) is 0 Å². The second-order valence-electron chi connectivity index (χ2n) is 7.08. The maximum atomic E-state index is 9.25. The van der Waals surface area contributed by atoms with Crippen LogP contribution in [0.25, 0.3) is 32.8 Å². The van der Waals surface area contributed by atoms with Crippen molar-refractivity contribution in [1.82, 2.24) is 19.5 Å². The Labute approximate surface area is 155 Å². The summed E-state index contributed by atoms with van der Waals surface area (Å²) in [5.41, 5.74) is 3.01. The van der Waals surface area contributed by atoms with Crippen LogP contribution in [0.2, 0.25) is 0 Å². The Balaban J connectivity index is 1.75. The Bertz CT molecular complexity index is 1130. The SMILES string of the molecule is Cc1ccc(-c2nc3cnc4[nH]ccc4c3n2C2CCC(C#N)CC2)s1. The smallest absolute Gasteiger partial charge is 0.151 e. The number of hydrogen-bond donors (Lipinski definition) is 1. The molecule has 1 N–H and O–H groups in total. The van der Waals surface area contributed by atoms with E-state index in [-0.39, 0.29) is 5.92 Å². The fraction of sp³-hybridized carbons (Fsp3) is 0.350. The molecule has 4 aromatic rings. The number of nitrogens with one attached hydrogen (secondary N) is 1. The molecule has 0 unspecified atom stereocenters. The van der Waals surface area contributed by atoms with E-state index in [1.54, 1.807) is 11.3 Å². The molecule has 0 aromatic carbocycles. The van der Waals surface area contributed by atoms with Gasteiger partial charge in [0.1, 0.15) is 11.2 Å². The van der Waals surface area contributed by atoms with Crippen LogP contribution in [0.15, 0.2) is 30.6 Å². The van der Waals surface area contributed by atoms with Gasteiger partial charge < -0.3 is 9.55 Å². The van der Waals surface area contributed by atoms with Crippen LogP contribution < -0.4 is 0 Å². The average molecular weight is 361 g/mol. The Morgan fingerprint density at radius 3 is 2.81 bits per heavy atom. The van der Waals surface area contributed by atoms with E-state index in [2.05, 4.69) is 45.7 Å². The van der Waals surface area contributed by atoms with Crippen molar-refractivity contribution < 1.29 is 0 Å². The van der Waals surface area contributed by atoms with Gasteiger partial charge in [0.25, 0.3) is 0 Å². The monoisotopic (exact) mass is 361 g/mol. The number of rotatable bonds is 2. The van der Waals surface area contributed by atoms with Crippen LogP contribution in [0.1, 0.15) is 36.6 Å². The summed E-state index contributed by atoms with van der Waals surface area (Å²) in [7, 11) is 0. The number of aryl methyl sites for hydroxylation is 1. The number of H-pyrrole nitrogens is 1. The maximum Gasteiger partial charge on any atom is 0.151 e. The predicted molar refractivity (Wildman–Crippen MR) is 104 cm³/mol. The lowest BCUT2D eigenvalue weighted by atomic mass is 9.86. The molecule has 6 heteroatoms. The summed E-state index contributed by atoms with van der Waals surface area (Å²) in [6, 6.07) is 9.23. The summed E-state index contributed by atoms with van der Waals surface area (Å²) in [5.74, 6) is 1.23. The standard InChI is InChI=1S/C20H19N5S/c1-12-2-7-17(26-12)20-24-16-11-23-19-15(8-9-22-19)18(16)25(20)14-5-3-13(10-21)4-6-14/h2,7-9,11,13-14H,3-6H2,1H3,(H,22,23). The van der Waals surface area contributed by atoms with Gasteiger partial charge in [-0.1, -0.05) is 0 Å². The van der Waals surface area contributed by atoms with E-state index in [0.29, 0.717) is 6.04 Å². The number of fused-ring (bicyclic) bond motifs is 3. The molecule has 0 radical (unpaired) electrons. The first-order valence-corrected chi connectivity index (χ1v) is 9.86. The summed E-state index contributed by atoms with van der Waals surface area (Å²) in [6.07, 6.45) is 7.78. The van der Waals surface area contributed by atoms with Crippen LogP contribution in [0, 0.1) is 24.2 Å². The summed E-state index contributed by atoms with van der Waals surface area (Å²) in [4.78, 5) is 15.2. The van der Waals surface area contributed by atoms with Crippen molar-refractivity contribution in [3.63, 3.8) is 0 Å². The molecule has 4 aromatic heterocycles. The highest BCUT2D eigenvalue weighted by Gasteiger charge is 2.27. The highest BCUT2D eigenvalue weighted by molar-refractivity contribution is 7.15. The van der Waals surface area contributed by atoms with Gasteiger partial charge in [0, 0.05) is 28.4 Å². The van der Waals surface area contributed by atoms with Crippen molar-refractivity contribution >= 4 is 33.4 Å². The third-order valence-electron chi connectivity index (χ3n) is 5.44. The number of imidazole rings is 1. The van der Waals surface area contributed by atoms with Crippen LogP contribution in [0.4, 0.5) is 0 Å². The third-order valence-corrected chi connectivity index (χ3v) is 6.44. The van der Waals surface area contributed by atoms with E-state index in [1.165, 1.54) is 9.75 Å². The van der Waals surface area contributed by atoms with Crippen molar-refractivity contribution in [2.75, 3.05) is 0 Å². The van der Waals surface area contributed by atoms with E-state index < -0.39 is 0 Å². The lowest BCUT2D eigenvalue weighted by molar-refractivity contribution is 0.320. The zero-order valence-corrected chi connectivity index (χ0v) is 15.4. The van der Waals surface area contributed by atoms with Gasteiger partial charge >= 0.3 is 0 Å². The Hall–Kier alpha value is -2.65. The number of nitriles is 1. The molecule has 130 valence electrons. The highest BCUT2D eigenvalue weighted by Crippen LogP contribution is 2.40. The molecule has 5 nitrogen and oxygen atoms in total. The van der Waals surface area contributed by atoms with E-state index in [0.717, 1.165) is 53.6 Å². The van der Waals surface area contributed by atoms with Crippen LogP contribution in [0.3, 0.4) is 0 Å². The minimum Gasteiger partial charge on any atom is -0.346 e. The minimum atomic E-state index is 0.197. The number of hydrogen-bond acceptors (Lipinski definition) is 4. The fourth-order valence-corrected chi connectivity index (χ4v) is 4.99. The number of nitrogens with zero attached hydrogens (tertiary/aromatic N) is 4. The number of thiophene rings is 1. The summed E-state index contributed by atoms with van der Waals surface area (Å²) >= 11 is 1.78. The van der Waals surface area contributed by atoms with Gasteiger partial charge in [-0.3, -0.25) is 0 Å². The normalized spacial score (nSPS) is 20.6. The van der Waals surface area contributed by atoms with Crippen LogP contribution in [-0.4, -0.2) is 19.5 Å². The second kappa shape index (κ2) is 5.96. The number of aromatic amines is 1. The predicted octanol–water partition coefficient (Wildman–Crippen LogP) is 5.20. The molecule has 4 heterocycles. The fourth-order valence-electron chi connectivity index (χ4n) is 4.14. The number of pyridine rings is 1. The first-order chi connectivity index (χ1) is 12.7. The van der Waals surface area contributed by atoms with Crippen LogP contribution in [-0.2, 0) is 0 Å². The van der Waals surface area contributed by atoms with Gasteiger partial charge in [0.05, 0.1) is 22.7 Å². The van der Waals surface area contributed by atoms with E-state index in [1.807, 2.05) is 12.4 Å². The van der Waals surface area contributed by atoms with Gasteiger partial charge in [-0.25, -0.2) is 9.97 Å². The molecule has 5 rings (SSSR count). The molecule has 0 bridgehead atoms. The quantitative estimate of drug-likeness (QED) is 0.533. The Morgan fingerprint density at radius 2 is 2.08 bits per heavy atom. The largest absolute Gasteiger partial charge is 0.346 e. The first kappa shape index (κ1) is 15.6. The van der Waals surface area contributed by atoms with Crippen molar-refractivity contribution in [3.8, 4) is 16.8 Å². The molecule has 1 fully saturated rings. The van der Waals surface area contributed by atoms with E-state index >= 15 is 0 Å². The van der Waals surface area contributed by atoms with Crippen LogP contribution in [0.5, 0.6) is 0 Å². The molecule has 1 aliphatic rings. The molecule has 0 atom stereocenters. The summed E-state index contributed by atoms with van der Waals surface area (Å²) in [5, 5.41) is 10.4. The topological polar surface area (TPSA) is 70.3 Å². The lowest BCUT2D eigenvalue weighted by Gasteiger charge is -2.28. The Morgan fingerprint density at radius 1 is 1.23 bits per heavy atom. The van der Waals surface area contributed by atoms with Gasteiger partial charge in [-0.15, -0.1) is 11.3 Å². The minimum absolute atomic E-state index is 0.197. The van der Waals surface area contributed by atoms with E-state index in [4.69, 9.17) is 4.98 Å². The van der Waals surface area contributed by atoms with Crippen molar-refractivity contribution in [2.24, 2.45) is 5.92 Å². The molecule has 1 aliphatic carbocycles. The first-order valence-electron chi connectivity index (χ1n) is 9.05. The molecule has 1 saturated carbocycles. The average Bonchev–Trinajstić information content (AvgIpc) is 3.38. The molecule has 0 amide bonds. The Kier molecular flexibility index (Phi) is 3.57. The third kappa shape index (κ3) is 2.35. The van der Waals surface area contributed by atoms with Crippen molar-refractivity contribution in [2.45, 2.75) is 38.6 Å². The van der Waals surface area contributed by atoms with Gasteiger partial charge in [0.15, 0.2) is 5.82 Å². The van der Waals surface area contributed by atoms with Crippen molar-refractivity contribution in [3.05, 3.63) is 35.5 Å². The molecular formula is C20H19N5S. The molecule has 0 aliphatic heterocycles. The second-order valence-corrected chi connectivity index (χ2v) is 8.37.